The van der Waals surface area contributed by atoms with Gasteiger partial charge in [-0.05, 0) is 47.5 Å². The average molecular weight is 498 g/mol. The van der Waals surface area contributed by atoms with Crippen molar-refractivity contribution in [1.29, 1.82) is 0 Å². The van der Waals surface area contributed by atoms with Gasteiger partial charge in [-0.3, -0.25) is 9.59 Å². The summed E-state index contributed by atoms with van der Waals surface area (Å²) in [7, 11) is 0. The van der Waals surface area contributed by atoms with Crippen molar-refractivity contribution in [1.82, 2.24) is 25.2 Å². The maximum Gasteiger partial charge on any atom is 0.247 e. The minimum absolute atomic E-state index is 0.128. The monoisotopic (exact) mass is 497 g/mol. The van der Waals surface area contributed by atoms with E-state index >= 15 is 0 Å². The molecular weight excluding hydrogens is 473 g/mol. The maximum atomic E-state index is 13.8. The molecule has 9 heteroatoms. The quantitative estimate of drug-likeness (QED) is 0.329. The summed E-state index contributed by atoms with van der Waals surface area (Å²) in [4.78, 5) is 28.9. The third kappa shape index (κ3) is 5.56. The number of carbonyl (C=O) groups excluding carboxylic acids is 2. The fourth-order valence-electron chi connectivity index (χ4n) is 4.16. The molecule has 0 saturated carbocycles. The Bertz CT molecular complexity index is 1480. The van der Waals surface area contributed by atoms with Crippen LogP contribution in [0, 0.1) is 5.82 Å². The summed E-state index contributed by atoms with van der Waals surface area (Å²) in [5.41, 5.74) is 2.68. The molecule has 5 rings (SSSR count). The highest BCUT2D eigenvalue weighted by Crippen LogP contribution is 2.25. The zero-order valence-corrected chi connectivity index (χ0v) is 19.8. The highest BCUT2D eigenvalue weighted by molar-refractivity contribution is 5.89. The van der Waals surface area contributed by atoms with E-state index in [0.717, 1.165) is 5.56 Å². The minimum atomic E-state index is -1.03. The molecule has 0 fully saturated rings. The van der Waals surface area contributed by atoms with Crippen LogP contribution in [0.5, 0.6) is 0 Å². The van der Waals surface area contributed by atoms with Gasteiger partial charge in [-0.1, -0.05) is 59.8 Å². The van der Waals surface area contributed by atoms with E-state index in [2.05, 4.69) is 15.6 Å². The van der Waals surface area contributed by atoms with Gasteiger partial charge in [0.1, 0.15) is 29.7 Å². The molecule has 3 aromatic carbocycles. The van der Waals surface area contributed by atoms with Crippen molar-refractivity contribution in [3.05, 3.63) is 120 Å². The first-order valence-corrected chi connectivity index (χ1v) is 11.8. The first-order chi connectivity index (χ1) is 18.1. The van der Waals surface area contributed by atoms with Gasteiger partial charge in [0, 0.05) is 6.54 Å². The topological polar surface area (TPSA) is 93.3 Å². The van der Waals surface area contributed by atoms with Crippen LogP contribution in [-0.4, -0.2) is 31.7 Å². The summed E-state index contributed by atoms with van der Waals surface area (Å²) >= 11 is 0. The highest BCUT2D eigenvalue weighted by Gasteiger charge is 2.32. The van der Waals surface area contributed by atoms with Crippen molar-refractivity contribution in [3.63, 3.8) is 0 Å². The van der Waals surface area contributed by atoms with Gasteiger partial charge in [-0.2, -0.15) is 0 Å². The first-order valence-electron chi connectivity index (χ1n) is 11.8. The Morgan fingerprint density at radius 3 is 2.46 bits per heavy atom. The van der Waals surface area contributed by atoms with Gasteiger partial charge in [0.15, 0.2) is 0 Å². The molecule has 0 aliphatic carbocycles. The zero-order chi connectivity index (χ0) is 25.6. The summed E-state index contributed by atoms with van der Waals surface area (Å²) in [6.45, 7) is 0.170. The lowest BCUT2D eigenvalue weighted by atomic mass is 10.0. The van der Waals surface area contributed by atoms with E-state index in [9.17, 15) is 14.0 Å². The summed E-state index contributed by atoms with van der Waals surface area (Å²) < 4.78 is 20.6. The minimum Gasteiger partial charge on any atom is -0.467 e. The Balaban J connectivity index is 1.50. The Hall–Kier alpha value is -4.79. The largest absolute Gasteiger partial charge is 0.467 e. The van der Waals surface area contributed by atoms with Gasteiger partial charge < -0.3 is 14.6 Å². The zero-order valence-electron chi connectivity index (χ0n) is 19.8. The maximum absolute atomic E-state index is 13.8. The van der Waals surface area contributed by atoms with Crippen molar-refractivity contribution in [2.75, 3.05) is 0 Å². The predicted octanol–water partition coefficient (Wildman–Crippen LogP) is 4.25. The molecule has 0 radical (unpaired) electrons. The lowest BCUT2D eigenvalue weighted by Crippen LogP contribution is -2.44. The number of benzene rings is 3. The Morgan fingerprint density at radius 1 is 0.946 bits per heavy atom. The molecule has 1 N–H and O–H groups in total. The van der Waals surface area contributed by atoms with E-state index in [1.165, 1.54) is 40.1 Å². The van der Waals surface area contributed by atoms with Crippen LogP contribution in [0.4, 0.5) is 4.39 Å². The van der Waals surface area contributed by atoms with Crippen molar-refractivity contribution < 1.29 is 18.4 Å². The fraction of sp³-hybridized carbons (Fsp3) is 0.143. The SMILES string of the molecule is O=C(NCc1ccco1)C(c1ccc(F)cc1)N(Cc1ccccc1)C(=O)Cn1nnc2ccccc21. The van der Waals surface area contributed by atoms with Crippen LogP contribution in [0.2, 0.25) is 0 Å². The van der Waals surface area contributed by atoms with E-state index in [1.807, 2.05) is 54.6 Å². The van der Waals surface area contributed by atoms with E-state index < -0.39 is 17.8 Å². The van der Waals surface area contributed by atoms with E-state index in [-0.39, 0.29) is 25.5 Å². The normalized spacial score (nSPS) is 11.8. The van der Waals surface area contributed by atoms with E-state index in [4.69, 9.17) is 4.42 Å². The van der Waals surface area contributed by atoms with E-state index in [1.54, 1.807) is 12.1 Å². The number of nitrogens with zero attached hydrogens (tertiary/aromatic N) is 4. The first kappa shape index (κ1) is 23.9. The second-order valence-corrected chi connectivity index (χ2v) is 8.49. The molecule has 186 valence electrons. The van der Waals surface area contributed by atoms with Crippen LogP contribution >= 0.6 is 0 Å². The van der Waals surface area contributed by atoms with Crippen molar-refractivity contribution >= 4 is 22.8 Å². The molecular formula is C28H24FN5O3. The summed E-state index contributed by atoms with van der Waals surface area (Å²) in [6.07, 6.45) is 1.52. The molecule has 0 aliphatic rings. The number of amides is 2. The number of fused-ring (bicyclic) bond motifs is 1. The average Bonchev–Trinajstić information content (AvgIpc) is 3.59. The number of nitrogens with one attached hydrogen (secondary N) is 1. The third-order valence-electron chi connectivity index (χ3n) is 5.98. The number of halogens is 1. The Kier molecular flexibility index (Phi) is 7.02. The molecule has 0 saturated heterocycles. The van der Waals surface area contributed by atoms with Crippen LogP contribution < -0.4 is 5.32 Å². The summed E-state index contributed by atoms with van der Waals surface area (Å²) in [5.74, 6) is -0.632. The van der Waals surface area contributed by atoms with Crippen LogP contribution in [-0.2, 0) is 29.2 Å². The van der Waals surface area contributed by atoms with Gasteiger partial charge in [0.25, 0.3) is 0 Å². The number of furan rings is 1. The van der Waals surface area contributed by atoms with Crippen LogP contribution in [0.15, 0.2) is 102 Å². The number of carbonyl (C=O) groups is 2. The van der Waals surface area contributed by atoms with Gasteiger partial charge in [-0.25, -0.2) is 9.07 Å². The molecule has 2 amide bonds. The van der Waals surface area contributed by atoms with Gasteiger partial charge >= 0.3 is 0 Å². The molecule has 5 aromatic rings. The molecule has 0 aliphatic heterocycles. The van der Waals surface area contributed by atoms with Gasteiger partial charge in [0.2, 0.25) is 11.8 Å². The molecule has 2 aromatic heterocycles. The lowest BCUT2D eigenvalue weighted by molar-refractivity contribution is -0.142. The summed E-state index contributed by atoms with van der Waals surface area (Å²) in [6, 6.07) is 24.7. The Labute approximate surface area is 212 Å². The predicted molar refractivity (Wildman–Crippen MR) is 134 cm³/mol. The van der Waals surface area contributed by atoms with Crippen LogP contribution in [0.1, 0.15) is 22.9 Å². The molecule has 1 unspecified atom stereocenters. The van der Waals surface area contributed by atoms with Crippen LogP contribution in [0.25, 0.3) is 11.0 Å². The number of rotatable bonds is 9. The van der Waals surface area contributed by atoms with Gasteiger partial charge in [0.05, 0.1) is 18.3 Å². The lowest BCUT2D eigenvalue weighted by Gasteiger charge is -2.31. The van der Waals surface area contributed by atoms with E-state index in [0.29, 0.717) is 22.4 Å². The molecule has 8 nitrogen and oxygen atoms in total. The highest BCUT2D eigenvalue weighted by atomic mass is 19.1. The molecule has 37 heavy (non-hydrogen) atoms. The molecule has 1 atom stereocenters. The number of hydrogen-bond acceptors (Lipinski definition) is 5. The molecule has 2 heterocycles. The van der Waals surface area contributed by atoms with Crippen molar-refractivity contribution in [2.45, 2.75) is 25.7 Å². The number of para-hydroxylation sites is 1. The second-order valence-electron chi connectivity index (χ2n) is 8.49. The fourth-order valence-corrected chi connectivity index (χ4v) is 4.16. The number of aromatic nitrogens is 3. The summed E-state index contributed by atoms with van der Waals surface area (Å²) in [5, 5.41) is 11.1. The van der Waals surface area contributed by atoms with Crippen molar-refractivity contribution in [2.24, 2.45) is 0 Å². The van der Waals surface area contributed by atoms with Crippen LogP contribution in [0.3, 0.4) is 0 Å². The van der Waals surface area contributed by atoms with Gasteiger partial charge in [-0.15, -0.1) is 5.10 Å². The second kappa shape index (κ2) is 10.9. The smallest absolute Gasteiger partial charge is 0.247 e. The Morgan fingerprint density at radius 2 is 1.70 bits per heavy atom. The molecule has 0 spiro atoms. The third-order valence-corrected chi connectivity index (χ3v) is 5.98. The van der Waals surface area contributed by atoms with Crippen molar-refractivity contribution in [3.8, 4) is 0 Å². The standard InChI is InChI=1S/C28H24FN5O3/c29-22-14-12-21(13-15-22)27(28(36)30-17-23-9-6-16-37-23)33(18-20-7-2-1-3-8-20)26(35)19-34-25-11-5-4-10-24(25)31-32-34/h1-16,27H,17-19H2,(H,30,36). The molecule has 0 bridgehead atoms. The number of hydrogen-bond donors (Lipinski definition) is 1.